The third-order valence-electron chi connectivity index (χ3n) is 2.38. The Morgan fingerprint density at radius 3 is 3.07 bits per heavy atom. The summed E-state index contributed by atoms with van der Waals surface area (Å²) in [6.45, 7) is 2.28. The molecule has 0 fully saturated rings. The van der Waals surface area contributed by atoms with E-state index in [2.05, 4.69) is 16.9 Å². The third-order valence-corrected chi connectivity index (χ3v) is 2.38. The summed E-state index contributed by atoms with van der Waals surface area (Å²) in [4.78, 5) is 5.51. The Bertz CT molecular complexity index is 329. The maximum Gasteiger partial charge on any atom is 0.172 e. The van der Waals surface area contributed by atoms with Gasteiger partial charge >= 0.3 is 0 Å². The molecule has 0 bridgehead atoms. The molecule has 3 heterocycles. The van der Waals surface area contributed by atoms with Gasteiger partial charge in [0.2, 0.25) is 0 Å². The lowest BCUT2D eigenvalue weighted by atomic mass is 10.5. The van der Waals surface area contributed by atoms with Gasteiger partial charge in [-0.3, -0.25) is 5.01 Å². The lowest BCUT2D eigenvalue weighted by Gasteiger charge is -2.33. The van der Waals surface area contributed by atoms with E-state index in [9.17, 15) is 0 Å². The summed E-state index contributed by atoms with van der Waals surface area (Å²) in [5.74, 6) is 0.999. The summed E-state index contributed by atoms with van der Waals surface area (Å²) in [5.41, 5.74) is 6.30. The van der Waals surface area contributed by atoms with Crippen LogP contribution in [0.4, 0.5) is 0 Å². The molecule has 0 saturated carbocycles. The predicted molar refractivity (Wildman–Crippen MR) is 53.8 cm³/mol. The van der Waals surface area contributed by atoms with Gasteiger partial charge in [0.25, 0.3) is 0 Å². The SMILES string of the molecule is C1=CN(N2OCC=C2N2CC=CN2)NC1. The van der Waals surface area contributed by atoms with Crippen LogP contribution in [0.15, 0.2) is 36.4 Å². The van der Waals surface area contributed by atoms with E-state index >= 15 is 0 Å². The van der Waals surface area contributed by atoms with Crippen LogP contribution in [-0.2, 0) is 4.84 Å². The van der Waals surface area contributed by atoms with Crippen molar-refractivity contribution in [1.82, 2.24) is 26.2 Å². The van der Waals surface area contributed by atoms with E-state index in [1.165, 1.54) is 0 Å². The minimum Gasteiger partial charge on any atom is -0.304 e. The summed E-state index contributed by atoms with van der Waals surface area (Å²) in [6.07, 6.45) is 10.0. The van der Waals surface area contributed by atoms with Crippen molar-refractivity contribution in [3.05, 3.63) is 36.4 Å². The average Bonchev–Trinajstić information content (AvgIpc) is 3.01. The molecule has 0 atom stereocenters. The van der Waals surface area contributed by atoms with E-state index in [1.54, 1.807) is 5.17 Å². The van der Waals surface area contributed by atoms with Gasteiger partial charge < -0.3 is 5.43 Å². The van der Waals surface area contributed by atoms with Crippen LogP contribution in [0.5, 0.6) is 0 Å². The number of rotatable bonds is 2. The Morgan fingerprint density at radius 1 is 1.33 bits per heavy atom. The van der Waals surface area contributed by atoms with E-state index in [0.29, 0.717) is 6.61 Å². The molecule has 3 rings (SSSR count). The van der Waals surface area contributed by atoms with E-state index in [-0.39, 0.29) is 0 Å². The van der Waals surface area contributed by atoms with Crippen LogP contribution in [0.2, 0.25) is 0 Å². The maximum absolute atomic E-state index is 5.51. The zero-order valence-corrected chi connectivity index (χ0v) is 8.26. The van der Waals surface area contributed by atoms with Gasteiger partial charge in [-0.25, -0.2) is 10.3 Å². The van der Waals surface area contributed by atoms with Gasteiger partial charge in [-0.05, 0) is 18.2 Å². The fraction of sp³-hybridized carbons (Fsp3) is 0.333. The molecule has 0 unspecified atom stereocenters. The van der Waals surface area contributed by atoms with E-state index in [0.717, 1.165) is 18.9 Å². The molecule has 0 amide bonds. The van der Waals surface area contributed by atoms with Crippen LogP contribution in [0.3, 0.4) is 0 Å². The third kappa shape index (κ3) is 1.43. The first-order chi connectivity index (χ1) is 7.45. The van der Waals surface area contributed by atoms with Gasteiger partial charge in [0.1, 0.15) is 0 Å². The first-order valence-corrected chi connectivity index (χ1v) is 4.96. The van der Waals surface area contributed by atoms with Crippen LogP contribution in [0.1, 0.15) is 0 Å². The molecule has 3 aliphatic rings. The Hall–Kier alpha value is -1.66. The van der Waals surface area contributed by atoms with Gasteiger partial charge in [0.05, 0.1) is 13.2 Å². The Kier molecular flexibility index (Phi) is 2.01. The van der Waals surface area contributed by atoms with Gasteiger partial charge in [-0.2, -0.15) is 5.12 Å². The normalized spacial score (nSPS) is 24.0. The smallest absolute Gasteiger partial charge is 0.172 e. The van der Waals surface area contributed by atoms with Crippen molar-refractivity contribution in [2.24, 2.45) is 0 Å². The van der Waals surface area contributed by atoms with Crippen molar-refractivity contribution in [2.45, 2.75) is 0 Å². The highest BCUT2D eigenvalue weighted by Gasteiger charge is 2.27. The first kappa shape index (κ1) is 8.63. The number of hydrazine groups is 3. The second-order valence-electron chi connectivity index (χ2n) is 3.36. The highest BCUT2D eigenvalue weighted by Crippen LogP contribution is 2.20. The number of nitrogens with one attached hydrogen (secondary N) is 2. The van der Waals surface area contributed by atoms with Crippen molar-refractivity contribution in [3.63, 3.8) is 0 Å². The standard InChI is InChI=1S/C9H13N5O/c1-4-10-12(6-1)9-3-8-15-14(9)13-7-2-5-11-13/h1-4,7,10-11H,5-6,8H2. The molecule has 3 aliphatic heterocycles. The number of hydrogen-bond acceptors (Lipinski definition) is 6. The Morgan fingerprint density at radius 2 is 2.33 bits per heavy atom. The predicted octanol–water partition coefficient (Wildman–Crippen LogP) is -0.342. The van der Waals surface area contributed by atoms with Crippen LogP contribution in [0.25, 0.3) is 0 Å². The molecule has 6 heteroatoms. The van der Waals surface area contributed by atoms with Crippen molar-refractivity contribution in [1.29, 1.82) is 0 Å². The topological polar surface area (TPSA) is 43.0 Å². The fourth-order valence-corrected chi connectivity index (χ4v) is 1.70. The van der Waals surface area contributed by atoms with Gasteiger partial charge in [0, 0.05) is 18.9 Å². The van der Waals surface area contributed by atoms with Gasteiger partial charge in [-0.1, -0.05) is 0 Å². The zero-order valence-electron chi connectivity index (χ0n) is 8.26. The van der Waals surface area contributed by atoms with Crippen LogP contribution in [0, 0.1) is 0 Å². The Labute approximate surface area is 87.9 Å². The van der Waals surface area contributed by atoms with Crippen molar-refractivity contribution < 1.29 is 4.84 Å². The molecule has 0 aliphatic carbocycles. The fourth-order valence-electron chi connectivity index (χ4n) is 1.70. The number of hydrogen-bond donors (Lipinski definition) is 2. The van der Waals surface area contributed by atoms with Crippen LogP contribution < -0.4 is 10.9 Å². The molecule has 0 aromatic carbocycles. The molecule has 0 aromatic heterocycles. The van der Waals surface area contributed by atoms with E-state index in [4.69, 9.17) is 4.84 Å². The van der Waals surface area contributed by atoms with Crippen molar-refractivity contribution >= 4 is 0 Å². The summed E-state index contributed by atoms with van der Waals surface area (Å²) >= 11 is 0. The maximum atomic E-state index is 5.51. The average molecular weight is 207 g/mol. The molecule has 0 spiro atoms. The van der Waals surface area contributed by atoms with Gasteiger partial charge in [0.15, 0.2) is 5.82 Å². The zero-order chi connectivity index (χ0) is 10.1. The summed E-state index contributed by atoms with van der Waals surface area (Å²) in [5, 5.41) is 5.59. The summed E-state index contributed by atoms with van der Waals surface area (Å²) < 4.78 is 0. The summed E-state index contributed by atoms with van der Waals surface area (Å²) in [6, 6.07) is 0. The molecule has 2 N–H and O–H groups in total. The van der Waals surface area contributed by atoms with Crippen LogP contribution >= 0.6 is 0 Å². The second-order valence-corrected chi connectivity index (χ2v) is 3.36. The largest absolute Gasteiger partial charge is 0.304 e. The molecule has 15 heavy (non-hydrogen) atoms. The minimum atomic E-state index is 0.597. The number of hydroxylamine groups is 1. The van der Waals surface area contributed by atoms with Crippen molar-refractivity contribution in [2.75, 3.05) is 19.7 Å². The second kappa shape index (κ2) is 3.48. The Balaban J connectivity index is 1.73. The number of nitrogens with zero attached hydrogens (tertiary/aromatic N) is 3. The van der Waals surface area contributed by atoms with Crippen LogP contribution in [-0.4, -0.2) is 35.0 Å². The highest BCUT2D eigenvalue weighted by atomic mass is 16.7. The molecule has 0 radical (unpaired) electrons. The quantitative estimate of drug-likeness (QED) is 0.645. The monoisotopic (exact) mass is 207 g/mol. The lowest BCUT2D eigenvalue weighted by Crippen LogP contribution is -2.47. The molecular formula is C9H13N5O. The lowest BCUT2D eigenvalue weighted by molar-refractivity contribution is -0.246. The minimum absolute atomic E-state index is 0.597. The van der Waals surface area contributed by atoms with E-state index < -0.39 is 0 Å². The summed E-state index contributed by atoms with van der Waals surface area (Å²) in [7, 11) is 0. The molecular weight excluding hydrogens is 194 g/mol. The molecule has 6 nitrogen and oxygen atoms in total. The van der Waals surface area contributed by atoms with E-state index in [1.807, 2.05) is 34.7 Å². The van der Waals surface area contributed by atoms with Gasteiger partial charge in [-0.15, -0.1) is 5.17 Å². The highest BCUT2D eigenvalue weighted by molar-refractivity contribution is 5.07. The first-order valence-electron chi connectivity index (χ1n) is 4.96. The molecule has 80 valence electrons. The molecule has 0 aromatic rings. The van der Waals surface area contributed by atoms with Crippen molar-refractivity contribution in [3.8, 4) is 0 Å². The molecule has 0 saturated heterocycles.